The summed E-state index contributed by atoms with van der Waals surface area (Å²) >= 11 is 5.99. The first-order chi connectivity index (χ1) is 6.50. The van der Waals surface area contributed by atoms with Crippen LogP contribution in [0.15, 0.2) is 12.1 Å². The molecule has 0 unspecified atom stereocenters. The lowest BCUT2D eigenvalue weighted by atomic mass is 9.98. The molecule has 0 aliphatic heterocycles. The maximum Gasteiger partial charge on any atom is 0.0690 e. The van der Waals surface area contributed by atoms with Crippen molar-refractivity contribution < 1.29 is 5.11 Å². The molecule has 1 nitrogen and oxygen atoms in total. The number of aliphatic hydroxyl groups is 1. The van der Waals surface area contributed by atoms with Crippen molar-refractivity contribution in [2.75, 3.05) is 0 Å². The molecule has 1 aliphatic rings. The van der Waals surface area contributed by atoms with Crippen LogP contribution in [0.4, 0.5) is 0 Å². The van der Waals surface area contributed by atoms with E-state index in [1.807, 2.05) is 12.1 Å². The quantitative estimate of drug-likeness (QED) is 0.796. The molecule has 2 rings (SSSR count). The lowest BCUT2D eigenvalue weighted by molar-refractivity contribution is 0.151. The van der Waals surface area contributed by atoms with Gasteiger partial charge in [-0.3, -0.25) is 0 Å². The first-order valence-corrected chi connectivity index (χ1v) is 5.36. The molecule has 2 heteroatoms. The number of aryl methyl sites for hydroxylation is 1. The highest BCUT2D eigenvalue weighted by Gasteiger charge is 2.40. The SMILES string of the molecule is Cc1cc(Cl)cc(CC2(O)CC2)c1C. The average Bonchev–Trinajstić information content (AvgIpc) is 2.79. The van der Waals surface area contributed by atoms with Gasteiger partial charge in [0.05, 0.1) is 5.60 Å². The monoisotopic (exact) mass is 210 g/mol. The van der Waals surface area contributed by atoms with Gasteiger partial charge in [-0.15, -0.1) is 0 Å². The zero-order valence-electron chi connectivity index (χ0n) is 8.60. The zero-order valence-corrected chi connectivity index (χ0v) is 9.36. The molecule has 0 amide bonds. The Bertz CT molecular complexity index is 367. The van der Waals surface area contributed by atoms with Gasteiger partial charge >= 0.3 is 0 Å². The van der Waals surface area contributed by atoms with Crippen molar-refractivity contribution in [3.05, 3.63) is 33.8 Å². The molecule has 0 radical (unpaired) electrons. The second-order valence-electron chi connectivity index (χ2n) is 4.41. The van der Waals surface area contributed by atoms with Crippen molar-refractivity contribution in [2.24, 2.45) is 0 Å². The minimum atomic E-state index is -0.429. The van der Waals surface area contributed by atoms with Gasteiger partial charge in [0.15, 0.2) is 0 Å². The Morgan fingerprint density at radius 1 is 1.36 bits per heavy atom. The number of halogens is 1. The minimum Gasteiger partial charge on any atom is -0.390 e. The van der Waals surface area contributed by atoms with E-state index in [0.29, 0.717) is 0 Å². The van der Waals surface area contributed by atoms with Gasteiger partial charge in [0.2, 0.25) is 0 Å². The minimum absolute atomic E-state index is 0.429. The molecule has 1 N–H and O–H groups in total. The molecule has 0 spiro atoms. The maximum absolute atomic E-state index is 9.85. The Morgan fingerprint density at radius 3 is 2.57 bits per heavy atom. The molecule has 76 valence electrons. The first kappa shape index (κ1) is 10.0. The van der Waals surface area contributed by atoms with Crippen LogP contribution in [0.3, 0.4) is 0 Å². The van der Waals surface area contributed by atoms with Crippen molar-refractivity contribution in [3.8, 4) is 0 Å². The van der Waals surface area contributed by atoms with Gasteiger partial charge in [-0.2, -0.15) is 0 Å². The summed E-state index contributed by atoms with van der Waals surface area (Å²) in [5.74, 6) is 0. The van der Waals surface area contributed by atoms with Crippen molar-refractivity contribution in [3.63, 3.8) is 0 Å². The Hall–Kier alpha value is -0.530. The smallest absolute Gasteiger partial charge is 0.0690 e. The molecule has 0 heterocycles. The van der Waals surface area contributed by atoms with E-state index >= 15 is 0 Å². The lowest BCUT2D eigenvalue weighted by Crippen LogP contribution is -2.12. The summed E-state index contributed by atoms with van der Waals surface area (Å²) < 4.78 is 0. The maximum atomic E-state index is 9.85. The van der Waals surface area contributed by atoms with Gasteiger partial charge in [0.1, 0.15) is 0 Å². The van der Waals surface area contributed by atoms with Crippen LogP contribution < -0.4 is 0 Å². The van der Waals surface area contributed by atoms with E-state index in [1.54, 1.807) is 0 Å². The summed E-state index contributed by atoms with van der Waals surface area (Å²) in [6, 6.07) is 3.94. The van der Waals surface area contributed by atoms with Gasteiger partial charge in [0, 0.05) is 11.4 Å². The van der Waals surface area contributed by atoms with Gasteiger partial charge < -0.3 is 5.11 Å². The van der Waals surface area contributed by atoms with Crippen molar-refractivity contribution in [1.29, 1.82) is 0 Å². The molecular formula is C12H15ClO. The third kappa shape index (κ3) is 1.94. The molecule has 0 atom stereocenters. The average molecular weight is 211 g/mol. The Morgan fingerprint density at radius 2 is 2.00 bits per heavy atom. The number of hydrogen-bond donors (Lipinski definition) is 1. The lowest BCUT2D eigenvalue weighted by Gasteiger charge is -2.12. The van der Waals surface area contributed by atoms with Gasteiger partial charge in [-0.25, -0.2) is 0 Å². The van der Waals surface area contributed by atoms with E-state index in [4.69, 9.17) is 11.6 Å². The number of rotatable bonds is 2. The zero-order chi connectivity index (χ0) is 10.3. The van der Waals surface area contributed by atoms with E-state index in [9.17, 15) is 5.11 Å². The first-order valence-electron chi connectivity index (χ1n) is 4.98. The molecule has 1 aromatic carbocycles. The van der Waals surface area contributed by atoms with Gasteiger partial charge in [-0.05, 0) is 55.5 Å². The Balaban J connectivity index is 2.32. The Kier molecular flexibility index (Phi) is 2.32. The third-order valence-electron chi connectivity index (χ3n) is 3.09. The van der Waals surface area contributed by atoms with E-state index in [1.165, 1.54) is 16.7 Å². The van der Waals surface area contributed by atoms with E-state index in [2.05, 4.69) is 13.8 Å². The fourth-order valence-corrected chi connectivity index (χ4v) is 2.04. The number of hydrogen-bond acceptors (Lipinski definition) is 1. The molecule has 14 heavy (non-hydrogen) atoms. The summed E-state index contributed by atoms with van der Waals surface area (Å²) in [4.78, 5) is 0. The summed E-state index contributed by atoms with van der Waals surface area (Å²) in [5.41, 5.74) is 3.23. The highest BCUT2D eigenvalue weighted by molar-refractivity contribution is 6.30. The standard InChI is InChI=1S/C12H15ClO/c1-8-5-11(13)6-10(9(8)2)7-12(14)3-4-12/h5-6,14H,3-4,7H2,1-2H3. The van der Waals surface area contributed by atoms with Crippen LogP contribution >= 0.6 is 11.6 Å². The molecule has 0 aromatic heterocycles. The highest BCUT2D eigenvalue weighted by Crippen LogP contribution is 2.39. The fraction of sp³-hybridized carbons (Fsp3) is 0.500. The summed E-state index contributed by atoms with van der Waals surface area (Å²) in [7, 11) is 0. The highest BCUT2D eigenvalue weighted by atomic mass is 35.5. The van der Waals surface area contributed by atoms with Crippen molar-refractivity contribution >= 4 is 11.6 Å². The fourth-order valence-electron chi connectivity index (χ4n) is 1.74. The largest absolute Gasteiger partial charge is 0.390 e. The predicted octanol–water partition coefficient (Wildman–Crippen LogP) is 3.02. The molecule has 0 saturated heterocycles. The van der Waals surface area contributed by atoms with E-state index in [-0.39, 0.29) is 0 Å². The van der Waals surface area contributed by atoms with E-state index < -0.39 is 5.60 Å². The molecule has 0 bridgehead atoms. The van der Waals surface area contributed by atoms with Crippen LogP contribution in [0.5, 0.6) is 0 Å². The number of benzene rings is 1. The molecule has 1 aliphatic carbocycles. The van der Waals surface area contributed by atoms with E-state index in [0.717, 1.165) is 24.3 Å². The normalized spacial score (nSPS) is 18.3. The summed E-state index contributed by atoms with van der Waals surface area (Å²) in [6.07, 6.45) is 2.61. The van der Waals surface area contributed by atoms with Crippen LogP contribution in [0.1, 0.15) is 29.5 Å². The Labute approximate surface area is 89.7 Å². The third-order valence-corrected chi connectivity index (χ3v) is 3.30. The van der Waals surface area contributed by atoms with Crippen LogP contribution in [0.2, 0.25) is 5.02 Å². The summed E-state index contributed by atoms with van der Waals surface area (Å²) in [6.45, 7) is 4.15. The molecular weight excluding hydrogens is 196 g/mol. The molecule has 1 fully saturated rings. The second-order valence-corrected chi connectivity index (χ2v) is 4.84. The van der Waals surface area contributed by atoms with Crippen LogP contribution in [-0.2, 0) is 6.42 Å². The van der Waals surface area contributed by atoms with Crippen molar-refractivity contribution in [1.82, 2.24) is 0 Å². The van der Waals surface area contributed by atoms with Crippen LogP contribution in [0, 0.1) is 13.8 Å². The molecule has 1 saturated carbocycles. The van der Waals surface area contributed by atoms with Gasteiger partial charge in [-0.1, -0.05) is 11.6 Å². The second kappa shape index (κ2) is 3.25. The van der Waals surface area contributed by atoms with Crippen molar-refractivity contribution in [2.45, 2.75) is 38.7 Å². The van der Waals surface area contributed by atoms with Gasteiger partial charge in [0.25, 0.3) is 0 Å². The summed E-state index contributed by atoms with van der Waals surface area (Å²) in [5, 5.41) is 10.6. The topological polar surface area (TPSA) is 20.2 Å². The van der Waals surface area contributed by atoms with Crippen LogP contribution in [-0.4, -0.2) is 10.7 Å². The van der Waals surface area contributed by atoms with Crippen LogP contribution in [0.25, 0.3) is 0 Å². The predicted molar refractivity (Wildman–Crippen MR) is 58.8 cm³/mol. The molecule has 1 aromatic rings.